The molecule has 2 N–H and O–H groups in total. The van der Waals surface area contributed by atoms with Gasteiger partial charge in [-0.3, -0.25) is 9.13 Å². The van der Waals surface area contributed by atoms with Crippen LogP contribution in [-0.4, -0.2) is 26.3 Å². The lowest BCUT2D eigenvalue weighted by atomic mass is 9.77. The maximum atomic E-state index is 12.1. The highest BCUT2D eigenvalue weighted by Gasteiger charge is 2.16. The molecule has 100 valence electrons. The summed E-state index contributed by atoms with van der Waals surface area (Å²) in [6.45, 7) is 4.21. The minimum absolute atomic E-state index is 0.0998. The Morgan fingerprint density at radius 1 is 1.21 bits per heavy atom. The number of hydrogen-bond acceptors (Lipinski definition) is 3. The largest absolute Gasteiger partial charge is 0.488 e. The third-order valence-electron chi connectivity index (χ3n) is 3.10. The Bertz CT molecular complexity index is 616. The molecule has 0 aliphatic carbocycles. The van der Waals surface area contributed by atoms with Crippen molar-refractivity contribution in [3.8, 4) is 0 Å². The van der Waals surface area contributed by atoms with E-state index in [-0.39, 0.29) is 11.7 Å². The first-order chi connectivity index (χ1) is 9.00. The zero-order chi connectivity index (χ0) is 14.0. The third-order valence-corrected chi connectivity index (χ3v) is 3.10. The first kappa shape index (κ1) is 13.6. The summed E-state index contributed by atoms with van der Waals surface area (Å²) < 4.78 is 3.19. The Hall–Kier alpha value is -1.79. The van der Waals surface area contributed by atoms with Crippen molar-refractivity contribution in [2.45, 2.75) is 26.4 Å². The van der Waals surface area contributed by atoms with E-state index in [1.807, 2.05) is 19.9 Å². The maximum absolute atomic E-state index is 12.1. The van der Waals surface area contributed by atoms with Crippen molar-refractivity contribution in [2.75, 3.05) is 0 Å². The minimum Gasteiger partial charge on any atom is -0.423 e. The number of hydrogen-bond donors (Lipinski definition) is 2. The van der Waals surface area contributed by atoms with Crippen LogP contribution in [0.4, 0.5) is 0 Å². The highest BCUT2D eigenvalue weighted by atomic mass is 16.4. The predicted octanol–water partition coefficient (Wildman–Crippen LogP) is -0.0412. The molecule has 0 saturated heterocycles. The summed E-state index contributed by atoms with van der Waals surface area (Å²) in [5, 5.41) is 18.6. The number of imidazole rings is 1. The first-order valence-corrected chi connectivity index (χ1v) is 6.22. The van der Waals surface area contributed by atoms with Crippen molar-refractivity contribution >= 4 is 12.6 Å². The number of benzene rings is 1. The Kier molecular flexibility index (Phi) is 3.92. The van der Waals surface area contributed by atoms with Crippen LogP contribution in [0.1, 0.15) is 25.5 Å². The molecule has 0 aliphatic rings. The zero-order valence-corrected chi connectivity index (χ0v) is 11.0. The van der Waals surface area contributed by atoms with Crippen LogP contribution in [0.15, 0.2) is 41.5 Å². The van der Waals surface area contributed by atoms with Crippen LogP contribution in [-0.2, 0) is 6.54 Å². The summed E-state index contributed by atoms with van der Waals surface area (Å²) in [6, 6.07) is 7.08. The van der Waals surface area contributed by atoms with Crippen LogP contribution < -0.4 is 11.2 Å². The average Bonchev–Trinajstić information content (AvgIpc) is 2.71. The fourth-order valence-electron chi connectivity index (χ4n) is 2.06. The number of nitrogens with zero attached hydrogens (tertiary/aromatic N) is 2. The monoisotopic (exact) mass is 260 g/mol. The van der Waals surface area contributed by atoms with Gasteiger partial charge in [0.25, 0.3) is 0 Å². The summed E-state index contributed by atoms with van der Waals surface area (Å²) in [5.41, 5.74) is 1.05. The Morgan fingerprint density at radius 3 is 2.47 bits per heavy atom. The van der Waals surface area contributed by atoms with Crippen LogP contribution in [0, 0.1) is 0 Å². The van der Waals surface area contributed by atoms with Crippen LogP contribution in [0.2, 0.25) is 0 Å². The predicted molar refractivity (Wildman–Crippen MR) is 74.4 cm³/mol. The van der Waals surface area contributed by atoms with Gasteiger partial charge in [-0.05, 0) is 24.9 Å². The van der Waals surface area contributed by atoms with Gasteiger partial charge in [-0.15, -0.1) is 0 Å². The highest BCUT2D eigenvalue weighted by molar-refractivity contribution is 6.59. The van der Waals surface area contributed by atoms with Crippen molar-refractivity contribution in [1.82, 2.24) is 9.13 Å². The Morgan fingerprint density at radius 2 is 1.89 bits per heavy atom. The van der Waals surface area contributed by atoms with Crippen LogP contribution in [0.3, 0.4) is 0 Å². The molecule has 5 nitrogen and oxygen atoms in total. The third kappa shape index (κ3) is 2.80. The Balaban J connectivity index is 2.35. The molecule has 1 heterocycles. The lowest BCUT2D eigenvalue weighted by Gasteiger charge is -2.09. The summed E-state index contributed by atoms with van der Waals surface area (Å²) in [4.78, 5) is 12.1. The molecule has 19 heavy (non-hydrogen) atoms. The molecule has 0 spiro atoms. The van der Waals surface area contributed by atoms with Crippen molar-refractivity contribution in [1.29, 1.82) is 0 Å². The second kappa shape index (κ2) is 5.46. The second-order valence-corrected chi connectivity index (χ2v) is 4.78. The van der Waals surface area contributed by atoms with E-state index in [0.717, 1.165) is 5.56 Å². The van der Waals surface area contributed by atoms with Crippen molar-refractivity contribution in [3.05, 3.63) is 52.7 Å². The molecule has 2 aromatic rings. The SMILES string of the molecule is CC(C)n1ccn(Cc2ccccc2B(O)O)c1=O. The molecule has 0 bridgehead atoms. The molecule has 0 unspecified atom stereocenters. The van der Waals surface area contributed by atoms with E-state index in [1.165, 1.54) is 0 Å². The molecular formula is C13H17BN2O3. The van der Waals surface area contributed by atoms with Crippen molar-refractivity contribution in [3.63, 3.8) is 0 Å². The van der Waals surface area contributed by atoms with E-state index in [9.17, 15) is 14.8 Å². The van der Waals surface area contributed by atoms with Gasteiger partial charge in [0, 0.05) is 18.4 Å². The summed E-state index contributed by atoms with van der Waals surface area (Å²) in [7, 11) is -1.53. The van der Waals surface area contributed by atoms with E-state index in [4.69, 9.17) is 0 Å². The van der Waals surface area contributed by atoms with E-state index >= 15 is 0 Å². The topological polar surface area (TPSA) is 67.4 Å². The molecule has 0 amide bonds. The fraction of sp³-hybridized carbons (Fsp3) is 0.308. The lowest BCUT2D eigenvalue weighted by molar-refractivity contribution is 0.425. The van der Waals surface area contributed by atoms with Gasteiger partial charge in [0.1, 0.15) is 0 Å². The van der Waals surface area contributed by atoms with Gasteiger partial charge >= 0.3 is 12.8 Å². The standard InChI is InChI=1S/C13H17BN2O3/c1-10(2)16-8-7-15(13(16)17)9-11-5-3-4-6-12(11)14(18)19/h3-8,10,18-19H,9H2,1-2H3. The van der Waals surface area contributed by atoms with Gasteiger partial charge in [0.15, 0.2) is 0 Å². The van der Waals surface area contributed by atoms with Crippen LogP contribution in [0.5, 0.6) is 0 Å². The number of rotatable bonds is 4. The lowest BCUT2D eigenvalue weighted by Crippen LogP contribution is -2.35. The van der Waals surface area contributed by atoms with E-state index in [0.29, 0.717) is 12.0 Å². The zero-order valence-electron chi connectivity index (χ0n) is 11.0. The quantitative estimate of drug-likeness (QED) is 0.758. The molecule has 6 heteroatoms. The van der Waals surface area contributed by atoms with Gasteiger partial charge in [-0.2, -0.15) is 0 Å². The highest BCUT2D eigenvalue weighted by Crippen LogP contribution is 2.03. The molecule has 0 saturated carbocycles. The summed E-state index contributed by atoms with van der Waals surface area (Å²) in [5.74, 6) is 0. The van der Waals surface area contributed by atoms with Gasteiger partial charge in [0.2, 0.25) is 0 Å². The van der Waals surface area contributed by atoms with Gasteiger partial charge in [-0.25, -0.2) is 4.79 Å². The molecule has 0 atom stereocenters. The smallest absolute Gasteiger partial charge is 0.423 e. The van der Waals surface area contributed by atoms with E-state index in [2.05, 4.69) is 0 Å². The first-order valence-electron chi connectivity index (χ1n) is 6.22. The fourth-order valence-corrected chi connectivity index (χ4v) is 2.06. The van der Waals surface area contributed by atoms with Gasteiger partial charge < -0.3 is 10.0 Å². The summed E-state index contributed by atoms with van der Waals surface area (Å²) >= 11 is 0. The van der Waals surface area contributed by atoms with E-state index in [1.54, 1.807) is 39.7 Å². The van der Waals surface area contributed by atoms with Gasteiger partial charge in [0.05, 0.1) is 6.54 Å². The summed E-state index contributed by atoms with van der Waals surface area (Å²) in [6.07, 6.45) is 3.45. The minimum atomic E-state index is -1.53. The van der Waals surface area contributed by atoms with Gasteiger partial charge in [-0.1, -0.05) is 24.3 Å². The van der Waals surface area contributed by atoms with E-state index < -0.39 is 7.12 Å². The normalized spacial score (nSPS) is 11.0. The molecule has 1 aromatic carbocycles. The van der Waals surface area contributed by atoms with Crippen LogP contribution in [0.25, 0.3) is 0 Å². The number of aromatic nitrogens is 2. The molecule has 1 aromatic heterocycles. The second-order valence-electron chi connectivity index (χ2n) is 4.78. The van der Waals surface area contributed by atoms with Crippen molar-refractivity contribution in [2.24, 2.45) is 0 Å². The molecule has 0 aliphatic heterocycles. The molecule has 0 radical (unpaired) electrons. The van der Waals surface area contributed by atoms with Crippen LogP contribution >= 0.6 is 0 Å². The molecule has 0 fully saturated rings. The van der Waals surface area contributed by atoms with Crippen molar-refractivity contribution < 1.29 is 10.0 Å². The Labute approximate surface area is 111 Å². The average molecular weight is 260 g/mol. The molecular weight excluding hydrogens is 243 g/mol. The molecule has 2 rings (SSSR count). The maximum Gasteiger partial charge on any atom is 0.488 e.